The summed E-state index contributed by atoms with van der Waals surface area (Å²) in [6, 6.07) is 21.5. The van der Waals surface area contributed by atoms with E-state index in [2.05, 4.69) is 80.7 Å². The second kappa shape index (κ2) is 8.68. The van der Waals surface area contributed by atoms with Gasteiger partial charge in [0, 0.05) is 26.2 Å². The summed E-state index contributed by atoms with van der Waals surface area (Å²) in [6.45, 7) is 7.70. The topological polar surface area (TPSA) is 67.4 Å². The van der Waals surface area contributed by atoms with Crippen molar-refractivity contribution < 1.29 is 4.52 Å². The zero-order valence-electron chi connectivity index (χ0n) is 18.4. The molecule has 3 heterocycles. The lowest BCUT2D eigenvalue weighted by Gasteiger charge is -2.39. The van der Waals surface area contributed by atoms with Gasteiger partial charge in [0.25, 0.3) is 5.56 Å². The zero-order chi connectivity index (χ0) is 22.1. The number of hydrogen-bond acceptors (Lipinski definition) is 6. The smallest absolute Gasteiger partial charge is 0.298 e. The highest BCUT2D eigenvalue weighted by Crippen LogP contribution is 2.29. The second-order valence-electron chi connectivity index (χ2n) is 8.37. The summed E-state index contributed by atoms with van der Waals surface area (Å²) in [5.41, 5.74) is 3.53. The van der Waals surface area contributed by atoms with Gasteiger partial charge in [0.05, 0.1) is 23.8 Å². The summed E-state index contributed by atoms with van der Waals surface area (Å²) in [4.78, 5) is 17.6. The summed E-state index contributed by atoms with van der Waals surface area (Å²) >= 11 is 0. The van der Waals surface area contributed by atoms with Crippen molar-refractivity contribution >= 4 is 10.9 Å². The van der Waals surface area contributed by atoms with E-state index in [1.807, 2.05) is 13.8 Å². The van der Waals surface area contributed by atoms with Gasteiger partial charge in [0.2, 0.25) is 0 Å². The molecule has 2 aromatic carbocycles. The predicted octanol–water partition coefficient (Wildman–Crippen LogP) is 3.37. The molecule has 7 nitrogen and oxygen atoms in total. The van der Waals surface area contributed by atoms with E-state index >= 15 is 0 Å². The Morgan fingerprint density at radius 1 is 0.906 bits per heavy atom. The van der Waals surface area contributed by atoms with Crippen molar-refractivity contribution in [3.05, 3.63) is 93.6 Å². The van der Waals surface area contributed by atoms with E-state index in [0.29, 0.717) is 17.9 Å². The Kier molecular flexibility index (Phi) is 5.59. The van der Waals surface area contributed by atoms with E-state index in [-0.39, 0.29) is 11.6 Å². The van der Waals surface area contributed by atoms with Crippen LogP contribution in [-0.4, -0.2) is 50.9 Å². The molecule has 164 valence electrons. The van der Waals surface area contributed by atoms with Crippen LogP contribution in [0.5, 0.6) is 0 Å². The van der Waals surface area contributed by atoms with Gasteiger partial charge in [-0.1, -0.05) is 65.8 Å². The van der Waals surface area contributed by atoms with Gasteiger partial charge in [0.1, 0.15) is 5.76 Å². The monoisotopic (exact) mass is 429 g/mol. The van der Waals surface area contributed by atoms with Gasteiger partial charge in [-0.25, -0.2) is 4.68 Å². The molecule has 4 aromatic rings. The Morgan fingerprint density at radius 3 is 2.09 bits per heavy atom. The van der Waals surface area contributed by atoms with E-state index in [9.17, 15) is 4.79 Å². The number of piperazine rings is 1. The molecule has 0 amide bonds. The molecule has 0 bridgehead atoms. The van der Waals surface area contributed by atoms with Crippen molar-refractivity contribution in [2.75, 3.05) is 26.2 Å². The summed E-state index contributed by atoms with van der Waals surface area (Å²) in [6.07, 6.45) is 0. The molecule has 1 saturated heterocycles. The molecule has 1 fully saturated rings. The first kappa shape index (κ1) is 20.6. The van der Waals surface area contributed by atoms with E-state index < -0.39 is 0 Å². The number of nitrogens with zero attached hydrogens (tertiary/aromatic N) is 5. The molecular weight excluding hydrogens is 402 g/mol. The average Bonchev–Trinajstić information content (AvgIpc) is 3.22. The van der Waals surface area contributed by atoms with Crippen LogP contribution in [-0.2, 0) is 6.67 Å². The van der Waals surface area contributed by atoms with Crippen molar-refractivity contribution in [3.8, 4) is 0 Å². The van der Waals surface area contributed by atoms with Crippen molar-refractivity contribution in [3.63, 3.8) is 0 Å². The summed E-state index contributed by atoms with van der Waals surface area (Å²) in [5, 5.41) is 9.21. The lowest BCUT2D eigenvalue weighted by Crippen LogP contribution is -2.49. The fourth-order valence-corrected chi connectivity index (χ4v) is 4.68. The quantitative estimate of drug-likeness (QED) is 0.485. The van der Waals surface area contributed by atoms with E-state index in [1.165, 1.54) is 15.8 Å². The number of aryl methyl sites for hydroxylation is 2. The number of rotatable bonds is 5. The van der Waals surface area contributed by atoms with E-state index in [0.717, 1.165) is 37.3 Å². The van der Waals surface area contributed by atoms with Crippen LogP contribution in [0.1, 0.15) is 28.6 Å². The summed E-state index contributed by atoms with van der Waals surface area (Å²) < 4.78 is 6.74. The second-order valence-corrected chi connectivity index (χ2v) is 8.37. The average molecular weight is 430 g/mol. The van der Waals surface area contributed by atoms with E-state index in [1.54, 1.807) is 0 Å². The van der Waals surface area contributed by atoms with Gasteiger partial charge in [-0.05, 0) is 25.0 Å². The largest absolute Gasteiger partial charge is 0.360 e. The van der Waals surface area contributed by atoms with E-state index in [4.69, 9.17) is 4.52 Å². The molecule has 5 rings (SSSR count). The maximum atomic E-state index is 12.9. The first-order valence-electron chi connectivity index (χ1n) is 11.0. The fraction of sp³-hybridized carbons (Fsp3) is 0.320. The highest BCUT2D eigenvalue weighted by Gasteiger charge is 2.27. The third-order valence-electron chi connectivity index (χ3n) is 6.27. The molecule has 0 spiro atoms. The third-order valence-corrected chi connectivity index (χ3v) is 6.27. The molecule has 32 heavy (non-hydrogen) atoms. The van der Waals surface area contributed by atoms with Crippen LogP contribution in [0.15, 0.2) is 70.0 Å². The van der Waals surface area contributed by atoms with Crippen molar-refractivity contribution in [1.29, 1.82) is 0 Å². The number of fused-ring (bicyclic) bond motifs is 1. The van der Waals surface area contributed by atoms with Gasteiger partial charge in [-0.2, -0.15) is 5.10 Å². The van der Waals surface area contributed by atoms with Crippen molar-refractivity contribution in [2.45, 2.75) is 26.6 Å². The third kappa shape index (κ3) is 3.85. The van der Waals surface area contributed by atoms with Crippen LogP contribution in [0, 0.1) is 13.8 Å². The highest BCUT2D eigenvalue weighted by atomic mass is 16.5. The van der Waals surface area contributed by atoms with Crippen LogP contribution in [0.25, 0.3) is 10.9 Å². The van der Waals surface area contributed by atoms with Crippen molar-refractivity contribution in [2.24, 2.45) is 0 Å². The first-order valence-corrected chi connectivity index (χ1v) is 11.0. The number of benzene rings is 2. The van der Waals surface area contributed by atoms with Gasteiger partial charge >= 0.3 is 0 Å². The lowest BCUT2D eigenvalue weighted by molar-refractivity contribution is 0.0835. The van der Waals surface area contributed by atoms with Crippen LogP contribution >= 0.6 is 0 Å². The minimum Gasteiger partial charge on any atom is -0.360 e. The van der Waals surface area contributed by atoms with Crippen LogP contribution in [0.4, 0.5) is 0 Å². The number of hydrogen-bond donors (Lipinski definition) is 0. The molecule has 0 N–H and O–H groups in total. The minimum absolute atomic E-state index is 0.198. The summed E-state index contributed by atoms with van der Waals surface area (Å²) in [7, 11) is 0. The minimum atomic E-state index is -0.198. The van der Waals surface area contributed by atoms with Crippen LogP contribution < -0.4 is 5.56 Å². The summed E-state index contributed by atoms with van der Waals surface area (Å²) in [5.74, 6) is 0.635. The standard InChI is InChI=1S/C25H27N5O2/c1-18-22-19(2)32-27-23(22)25(31)30(26-18)17-28-13-15-29(16-14-28)24(20-9-5-3-6-10-20)21-11-7-4-8-12-21/h3-12,24H,13-17H2,1-2H3. The van der Waals surface area contributed by atoms with Gasteiger partial charge in [0.15, 0.2) is 5.52 Å². The maximum absolute atomic E-state index is 12.9. The molecule has 0 radical (unpaired) electrons. The molecule has 1 aliphatic heterocycles. The Balaban J connectivity index is 1.34. The molecular formula is C25H27N5O2. The first-order chi connectivity index (χ1) is 15.6. The Labute approximate surface area is 186 Å². The molecule has 0 atom stereocenters. The van der Waals surface area contributed by atoms with Gasteiger partial charge in [-0.15, -0.1) is 0 Å². The van der Waals surface area contributed by atoms with Crippen molar-refractivity contribution in [1.82, 2.24) is 24.7 Å². The Hall–Kier alpha value is -3.29. The fourth-order valence-electron chi connectivity index (χ4n) is 4.68. The van der Waals surface area contributed by atoms with Gasteiger partial charge < -0.3 is 4.52 Å². The molecule has 0 unspecified atom stereocenters. The molecule has 0 saturated carbocycles. The SMILES string of the molecule is Cc1nn(CN2CCN(C(c3ccccc3)c3ccccc3)CC2)c(=O)c2noc(C)c12. The lowest BCUT2D eigenvalue weighted by atomic mass is 9.96. The maximum Gasteiger partial charge on any atom is 0.298 e. The van der Waals surface area contributed by atoms with Crippen LogP contribution in [0.3, 0.4) is 0 Å². The predicted molar refractivity (Wildman–Crippen MR) is 123 cm³/mol. The normalized spacial score (nSPS) is 15.6. The Bertz CT molecular complexity index is 1220. The van der Waals surface area contributed by atoms with Gasteiger partial charge in [-0.3, -0.25) is 14.6 Å². The number of aromatic nitrogens is 3. The molecule has 2 aromatic heterocycles. The molecule has 0 aliphatic carbocycles. The molecule has 1 aliphatic rings. The van der Waals surface area contributed by atoms with Crippen LogP contribution in [0.2, 0.25) is 0 Å². The zero-order valence-corrected chi connectivity index (χ0v) is 18.4. The molecule has 7 heteroatoms. The highest BCUT2D eigenvalue weighted by molar-refractivity contribution is 5.81. The Morgan fingerprint density at radius 2 is 1.50 bits per heavy atom.